The third-order valence-corrected chi connectivity index (χ3v) is 3.28. The molecule has 86 valence electrons. The first-order valence-corrected chi connectivity index (χ1v) is 5.98. The van der Waals surface area contributed by atoms with Gasteiger partial charge >= 0.3 is 0 Å². The lowest BCUT2D eigenvalue weighted by molar-refractivity contribution is 0.169. The summed E-state index contributed by atoms with van der Waals surface area (Å²) in [5.74, 6) is 2.53. The van der Waals surface area contributed by atoms with Crippen LogP contribution in [0.3, 0.4) is 0 Å². The van der Waals surface area contributed by atoms with Crippen molar-refractivity contribution in [2.45, 2.75) is 25.3 Å². The van der Waals surface area contributed by atoms with Crippen LogP contribution in [0.1, 0.15) is 30.9 Å². The van der Waals surface area contributed by atoms with Crippen molar-refractivity contribution in [1.82, 2.24) is 0 Å². The Labute approximate surface area is 95.5 Å². The summed E-state index contributed by atoms with van der Waals surface area (Å²) in [7, 11) is 0. The van der Waals surface area contributed by atoms with E-state index in [-0.39, 0.29) is 6.04 Å². The summed E-state index contributed by atoms with van der Waals surface area (Å²) in [6.45, 7) is 1.26. The molecule has 1 fully saturated rings. The third kappa shape index (κ3) is 1.87. The van der Waals surface area contributed by atoms with Gasteiger partial charge in [0.2, 0.25) is 0 Å². The molecule has 1 saturated carbocycles. The molecular weight excluding hydrogens is 202 g/mol. The molecule has 1 aromatic rings. The Balaban J connectivity index is 1.86. The van der Waals surface area contributed by atoms with E-state index < -0.39 is 0 Å². The lowest BCUT2D eigenvalue weighted by atomic mass is 10.0. The molecule has 0 saturated heterocycles. The van der Waals surface area contributed by atoms with Crippen LogP contribution < -0.4 is 15.2 Å². The summed E-state index contributed by atoms with van der Waals surface area (Å²) in [6, 6.07) is 6.09. The number of ether oxygens (including phenoxy) is 2. The van der Waals surface area contributed by atoms with Gasteiger partial charge in [-0.05, 0) is 18.4 Å². The van der Waals surface area contributed by atoms with E-state index in [1.807, 2.05) is 12.1 Å². The van der Waals surface area contributed by atoms with Crippen molar-refractivity contribution in [3.05, 3.63) is 23.8 Å². The van der Waals surface area contributed by atoms with Crippen molar-refractivity contribution >= 4 is 0 Å². The van der Waals surface area contributed by atoms with Crippen LogP contribution in [-0.2, 0) is 0 Å². The summed E-state index contributed by atoms with van der Waals surface area (Å²) < 4.78 is 11.2. The van der Waals surface area contributed by atoms with E-state index in [9.17, 15) is 0 Å². The van der Waals surface area contributed by atoms with Crippen molar-refractivity contribution < 1.29 is 9.47 Å². The van der Waals surface area contributed by atoms with E-state index in [0.29, 0.717) is 13.2 Å². The molecule has 1 aliphatic heterocycles. The lowest BCUT2D eigenvalue weighted by Crippen LogP contribution is -2.19. The van der Waals surface area contributed by atoms with Crippen LogP contribution in [0.25, 0.3) is 0 Å². The van der Waals surface area contributed by atoms with Gasteiger partial charge in [0.25, 0.3) is 0 Å². The molecule has 3 rings (SSSR count). The Hall–Kier alpha value is -1.22. The van der Waals surface area contributed by atoms with E-state index in [0.717, 1.165) is 29.4 Å². The van der Waals surface area contributed by atoms with E-state index in [4.69, 9.17) is 15.2 Å². The van der Waals surface area contributed by atoms with Gasteiger partial charge < -0.3 is 15.2 Å². The second kappa shape index (κ2) is 3.98. The molecule has 0 unspecified atom stereocenters. The predicted octanol–water partition coefficient (Wildman–Crippen LogP) is 2.26. The van der Waals surface area contributed by atoms with Crippen LogP contribution >= 0.6 is 0 Å². The van der Waals surface area contributed by atoms with Gasteiger partial charge in [-0.15, -0.1) is 0 Å². The molecule has 16 heavy (non-hydrogen) atoms. The van der Waals surface area contributed by atoms with E-state index >= 15 is 0 Å². The second-order valence-electron chi connectivity index (χ2n) is 4.66. The Morgan fingerprint density at radius 2 is 2.06 bits per heavy atom. The molecule has 2 N–H and O–H groups in total. The summed E-state index contributed by atoms with van der Waals surface area (Å²) in [5, 5.41) is 0. The number of para-hydroxylation sites is 1. The number of fused-ring (bicyclic) bond motifs is 1. The largest absolute Gasteiger partial charge is 0.486 e. The third-order valence-electron chi connectivity index (χ3n) is 3.28. The van der Waals surface area contributed by atoms with E-state index in [1.165, 1.54) is 12.8 Å². The molecule has 0 aromatic heterocycles. The fourth-order valence-corrected chi connectivity index (χ4v) is 2.23. The normalized spacial score (nSPS) is 20.6. The monoisotopic (exact) mass is 219 g/mol. The first-order chi connectivity index (χ1) is 7.84. The molecule has 3 nitrogen and oxygen atoms in total. The predicted molar refractivity (Wildman–Crippen MR) is 61.7 cm³/mol. The van der Waals surface area contributed by atoms with Gasteiger partial charge in [-0.2, -0.15) is 0 Å². The minimum Gasteiger partial charge on any atom is -0.486 e. The van der Waals surface area contributed by atoms with E-state index in [1.54, 1.807) is 0 Å². The van der Waals surface area contributed by atoms with Gasteiger partial charge in [0, 0.05) is 11.6 Å². The zero-order chi connectivity index (χ0) is 11.0. The first kappa shape index (κ1) is 9.97. The Morgan fingerprint density at radius 3 is 2.88 bits per heavy atom. The maximum absolute atomic E-state index is 6.22. The maximum Gasteiger partial charge on any atom is 0.166 e. The molecular formula is C13H17NO2. The highest BCUT2D eigenvalue weighted by Gasteiger charge is 2.27. The van der Waals surface area contributed by atoms with Crippen LogP contribution in [0.5, 0.6) is 11.5 Å². The number of hydrogen-bond acceptors (Lipinski definition) is 3. The van der Waals surface area contributed by atoms with Crippen molar-refractivity contribution in [3.63, 3.8) is 0 Å². The van der Waals surface area contributed by atoms with Gasteiger partial charge in [-0.25, -0.2) is 0 Å². The maximum atomic E-state index is 6.22. The van der Waals surface area contributed by atoms with Crippen LogP contribution in [-0.4, -0.2) is 13.2 Å². The summed E-state index contributed by atoms with van der Waals surface area (Å²) in [4.78, 5) is 0. The molecule has 1 heterocycles. The van der Waals surface area contributed by atoms with Crippen molar-refractivity contribution in [2.24, 2.45) is 11.7 Å². The van der Waals surface area contributed by atoms with Crippen LogP contribution in [0.15, 0.2) is 18.2 Å². The molecule has 3 heteroatoms. The summed E-state index contributed by atoms with van der Waals surface area (Å²) in [6.07, 6.45) is 3.74. The minimum absolute atomic E-state index is 0.0872. The molecule has 0 spiro atoms. The van der Waals surface area contributed by atoms with Crippen LogP contribution in [0.4, 0.5) is 0 Å². The zero-order valence-electron chi connectivity index (χ0n) is 9.32. The SMILES string of the molecule is N[C@H](CC1CC1)c1cccc2c1OCCO2. The van der Waals surface area contributed by atoms with Crippen molar-refractivity contribution in [1.29, 1.82) is 0 Å². The van der Waals surface area contributed by atoms with Gasteiger partial charge in [0.15, 0.2) is 11.5 Å². The van der Waals surface area contributed by atoms with Gasteiger partial charge in [0.1, 0.15) is 13.2 Å². The fourth-order valence-electron chi connectivity index (χ4n) is 2.23. The Kier molecular flexibility index (Phi) is 2.48. The Bertz CT molecular complexity index is 388. The number of rotatable bonds is 3. The van der Waals surface area contributed by atoms with Crippen LogP contribution in [0.2, 0.25) is 0 Å². The molecule has 0 amide bonds. The fraction of sp³-hybridized carbons (Fsp3) is 0.538. The second-order valence-corrected chi connectivity index (χ2v) is 4.66. The smallest absolute Gasteiger partial charge is 0.166 e. The highest BCUT2D eigenvalue weighted by Crippen LogP contribution is 2.41. The molecule has 1 atom stereocenters. The molecule has 0 radical (unpaired) electrons. The first-order valence-electron chi connectivity index (χ1n) is 5.98. The highest BCUT2D eigenvalue weighted by atomic mass is 16.6. The minimum atomic E-state index is 0.0872. The molecule has 0 bridgehead atoms. The zero-order valence-corrected chi connectivity index (χ0v) is 9.32. The van der Waals surface area contributed by atoms with Gasteiger partial charge in [-0.1, -0.05) is 25.0 Å². The number of benzene rings is 1. The Morgan fingerprint density at radius 1 is 1.25 bits per heavy atom. The van der Waals surface area contributed by atoms with E-state index in [2.05, 4.69) is 6.07 Å². The quantitative estimate of drug-likeness (QED) is 0.848. The molecule has 1 aromatic carbocycles. The summed E-state index contributed by atoms with van der Waals surface area (Å²) >= 11 is 0. The number of hydrogen-bond donors (Lipinski definition) is 1. The van der Waals surface area contributed by atoms with Crippen molar-refractivity contribution in [2.75, 3.05) is 13.2 Å². The molecule has 2 aliphatic rings. The molecule has 1 aliphatic carbocycles. The lowest BCUT2D eigenvalue weighted by Gasteiger charge is -2.23. The van der Waals surface area contributed by atoms with Crippen LogP contribution in [0, 0.1) is 5.92 Å². The van der Waals surface area contributed by atoms with Crippen molar-refractivity contribution in [3.8, 4) is 11.5 Å². The standard InChI is InChI=1S/C13H17NO2/c14-11(8-9-4-5-9)10-2-1-3-12-13(10)16-7-6-15-12/h1-3,9,11H,4-8,14H2/t11-/m1/s1. The summed E-state index contributed by atoms with van der Waals surface area (Å²) in [5.41, 5.74) is 7.33. The highest BCUT2D eigenvalue weighted by molar-refractivity contribution is 5.48. The average molecular weight is 219 g/mol. The topological polar surface area (TPSA) is 44.5 Å². The average Bonchev–Trinajstić information content (AvgIpc) is 3.12. The van der Waals surface area contributed by atoms with Gasteiger partial charge in [-0.3, -0.25) is 0 Å². The number of nitrogens with two attached hydrogens (primary N) is 1. The van der Waals surface area contributed by atoms with Gasteiger partial charge in [0.05, 0.1) is 0 Å².